The zero-order valence-corrected chi connectivity index (χ0v) is 15.0. The topological polar surface area (TPSA) is 180 Å². The number of likely N-dealkylation sites (N-methyl/N-ethyl adjacent to an activating group) is 1. The molecule has 0 aliphatic heterocycles. The van der Waals surface area contributed by atoms with Gasteiger partial charge in [0.25, 0.3) is 0 Å². The third kappa shape index (κ3) is 9.06. The number of carboxylic acids is 2. The van der Waals surface area contributed by atoms with Crippen LogP contribution in [0.4, 0.5) is 0 Å². The second-order valence-corrected chi connectivity index (χ2v) is 5.79. The van der Waals surface area contributed by atoms with Gasteiger partial charge in [0.2, 0.25) is 5.91 Å². The number of rotatable bonds is 16. The van der Waals surface area contributed by atoms with Crippen LogP contribution in [-0.2, 0) is 14.4 Å². The molecule has 1 atom stereocenters. The van der Waals surface area contributed by atoms with Crippen LogP contribution in [0, 0.1) is 5.41 Å². The van der Waals surface area contributed by atoms with Gasteiger partial charge in [-0.05, 0) is 6.54 Å². The fourth-order valence-corrected chi connectivity index (χ4v) is 2.05. The normalized spacial score (nSPS) is 12.6. The lowest BCUT2D eigenvalue weighted by Crippen LogP contribution is -2.51. The highest BCUT2D eigenvalue weighted by molar-refractivity contribution is 6.02. The van der Waals surface area contributed by atoms with E-state index < -0.39 is 48.9 Å². The van der Waals surface area contributed by atoms with Gasteiger partial charge in [-0.2, -0.15) is 0 Å². The molecule has 0 bridgehead atoms. The number of carbonyl (C=O) groups is 3. The number of amides is 1. The van der Waals surface area contributed by atoms with Gasteiger partial charge in [-0.25, -0.2) is 0 Å². The predicted molar refractivity (Wildman–Crippen MR) is 92.7 cm³/mol. The Bertz CT molecular complexity index is 434. The van der Waals surface area contributed by atoms with Crippen molar-refractivity contribution in [2.45, 2.75) is 19.4 Å². The third-order valence-electron chi connectivity index (χ3n) is 3.66. The van der Waals surface area contributed by atoms with Crippen molar-refractivity contribution in [2.75, 3.05) is 52.4 Å². The van der Waals surface area contributed by atoms with E-state index in [-0.39, 0.29) is 6.54 Å². The van der Waals surface area contributed by atoms with Crippen LogP contribution in [0.5, 0.6) is 0 Å². The van der Waals surface area contributed by atoms with Gasteiger partial charge in [0.15, 0.2) is 5.41 Å². The molecule has 0 aromatic rings. The van der Waals surface area contributed by atoms with Crippen LogP contribution in [0.15, 0.2) is 0 Å². The van der Waals surface area contributed by atoms with Gasteiger partial charge < -0.3 is 41.7 Å². The molecule has 0 radical (unpaired) electrons. The number of aliphatic carboxylic acids is 2. The van der Waals surface area contributed by atoms with Crippen LogP contribution in [-0.4, -0.2) is 96.8 Å². The summed E-state index contributed by atoms with van der Waals surface area (Å²) in [6.07, 6.45) is -1.99. The first kappa shape index (κ1) is 24.2. The van der Waals surface area contributed by atoms with E-state index >= 15 is 0 Å². The van der Waals surface area contributed by atoms with Gasteiger partial charge in [-0.3, -0.25) is 14.4 Å². The minimum Gasteiger partial charge on any atom is -0.480 e. The summed E-state index contributed by atoms with van der Waals surface area (Å²) in [4.78, 5) is 34.9. The smallest absolute Gasteiger partial charge is 0.322 e. The molecule has 0 rings (SSSR count). The van der Waals surface area contributed by atoms with E-state index in [2.05, 4.69) is 21.3 Å². The highest BCUT2D eigenvalue weighted by atomic mass is 16.4. The van der Waals surface area contributed by atoms with E-state index in [0.717, 1.165) is 13.1 Å². The quantitative estimate of drug-likeness (QED) is 0.101. The van der Waals surface area contributed by atoms with Crippen molar-refractivity contribution in [1.82, 2.24) is 21.3 Å². The highest BCUT2D eigenvalue weighted by Crippen LogP contribution is 2.22. The van der Waals surface area contributed by atoms with Crippen LogP contribution < -0.4 is 21.3 Å². The molecule has 0 saturated carbocycles. The lowest BCUT2D eigenvalue weighted by Gasteiger charge is -2.25. The summed E-state index contributed by atoms with van der Waals surface area (Å²) >= 11 is 0. The molecular weight excluding hydrogens is 348 g/mol. The van der Waals surface area contributed by atoms with Crippen LogP contribution in [0.25, 0.3) is 0 Å². The summed E-state index contributed by atoms with van der Waals surface area (Å²) in [6.45, 7) is 3.88. The van der Waals surface area contributed by atoms with Gasteiger partial charge in [0.05, 0.1) is 19.1 Å². The number of hydrogen-bond acceptors (Lipinski definition) is 8. The average molecular weight is 378 g/mol. The second-order valence-electron chi connectivity index (χ2n) is 5.79. The molecule has 0 aliphatic carbocycles. The highest BCUT2D eigenvalue weighted by Gasteiger charge is 2.48. The average Bonchev–Trinajstić information content (AvgIpc) is 2.60. The van der Waals surface area contributed by atoms with Gasteiger partial charge in [-0.1, -0.05) is 6.92 Å². The van der Waals surface area contributed by atoms with Crippen LogP contribution in [0.2, 0.25) is 0 Å². The molecule has 11 heteroatoms. The molecule has 8 N–H and O–H groups in total. The zero-order chi connectivity index (χ0) is 20.0. The Morgan fingerprint density at radius 2 is 1.50 bits per heavy atom. The number of carbonyl (C=O) groups excluding carboxylic acids is 1. The standard InChI is InChI=1S/C15H30N4O7/c1-2-16-3-4-17-5-6-18-10-15(13(23)24,14(25)26)7-12(22)19-8-11(21)9-20/h11,16-18,20-21H,2-10H2,1H3,(H,19,22)(H,23,24)(H,25,26). The summed E-state index contributed by atoms with van der Waals surface area (Å²) in [5, 5.41) is 47.7. The molecule has 0 aliphatic rings. The number of aliphatic hydroxyl groups excluding tert-OH is 2. The second kappa shape index (κ2) is 13.4. The maximum Gasteiger partial charge on any atom is 0.322 e. The van der Waals surface area contributed by atoms with Gasteiger partial charge in [-0.15, -0.1) is 0 Å². The van der Waals surface area contributed by atoms with Crippen LogP contribution >= 0.6 is 0 Å². The van der Waals surface area contributed by atoms with E-state index in [0.29, 0.717) is 19.6 Å². The van der Waals surface area contributed by atoms with Crippen molar-refractivity contribution in [3.63, 3.8) is 0 Å². The summed E-state index contributed by atoms with van der Waals surface area (Å²) < 4.78 is 0. The molecule has 0 aromatic carbocycles. The lowest BCUT2D eigenvalue weighted by molar-refractivity contribution is -0.166. The maximum absolute atomic E-state index is 11.8. The summed E-state index contributed by atoms with van der Waals surface area (Å²) in [5.74, 6) is -4.10. The fourth-order valence-electron chi connectivity index (χ4n) is 2.05. The largest absolute Gasteiger partial charge is 0.480 e. The first-order valence-electron chi connectivity index (χ1n) is 8.44. The van der Waals surface area contributed by atoms with Gasteiger partial charge >= 0.3 is 11.9 Å². The third-order valence-corrected chi connectivity index (χ3v) is 3.66. The lowest BCUT2D eigenvalue weighted by atomic mass is 9.84. The molecule has 11 nitrogen and oxygen atoms in total. The molecule has 0 fully saturated rings. The Morgan fingerprint density at radius 1 is 0.962 bits per heavy atom. The number of carboxylic acid groups (broad SMARTS) is 2. The molecule has 0 heterocycles. The molecule has 1 unspecified atom stereocenters. The molecule has 152 valence electrons. The Labute approximate surface area is 152 Å². The predicted octanol–water partition coefficient (Wildman–Crippen LogP) is -3.21. The molecule has 0 saturated heterocycles. The Hall–Kier alpha value is -1.79. The Balaban J connectivity index is 4.53. The summed E-state index contributed by atoms with van der Waals surface area (Å²) in [5.41, 5.74) is -2.32. The van der Waals surface area contributed by atoms with Crippen molar-refractivity contribution >= 4 is 17.8 Å². The minimum absolute atomic E-state index is 0.298. The molecule has 0 aromatic heterocycles. The minimum atomic E-state index is -2.32. The van der Waals surface area contributed by atoms with E-state index in [4.69, 9.17) is 5.11 Å². The monoisotopic (exact) mass is 378 g/mol. The Kier molecular flexibility index (Phi) is 12.5. The van der Waals surface area contributed by atoms with Crippen molar-refractivity contribution in [2.24, 2.45) is 5.41 Å². The maximum atomic E-state index is 11.8. The number of hydrogen-bond donors (Lipinski definition) is 8. The summed E-state index contributed by atoms with van der Waals surface area (Å²) in [7, 11) is 0. The molecule has 26 heavy (non-hydrogen) atoms. The van der Waals surface area contributed by atoms with Crippen molar-refractivity contribution in [3.05, 3.63) is 0 Å². The van der Waals surface area contributed by atoms with Crippen LogP contribution in [0.1, 0.15) is 13.3 Å². The first-order valence-corrected chi connectivity index (χ1v) is 8.44. The zero-order valence-electron chi connectivity index (χ0n) is 15.0. The van der Waals surface area contributed by atoms with E-state index in [1.54, 1.807) is 0 Å². The molecule has 0 spiro atoms. The number of nitrogens with one attached hydrogen (secondary N) is 4. The van der Waals surface area contributed by atoms with E-state index in [9.17, 15) is 29.7 Å². The SMILES string of the molecule is CCNCCNCCNCC(CC(=O)NCC(O)CO)(C(=O)O)C(=O)O. The van der Waals surface area contributed by atoms with Crippen molar-refractivity contribution < 1.29 is 34.8 Å². The van der Waals surface area contributed by atoms with Gasteiger partial charge in [0, 0.05) is 39.3 Å². The Morgan fingerprint density at radius 3 is 2.00 bits per heavy atom. The van der Waals surface area contributed by atoms with E-state index in [1.165, 1.54) is 0 Å². The summed E-state index contributed by atoms with van der Waals surface area (Å²) in [6, 6.07) is 0. The van der Waals surface area contributed by atoms with Crippen molar-refractivity contribution in [3.8, 4) is 0 Å². The van der Waals surface area contributed by atoms with Crippen molar-refractivity contribution in [1.29, 1.82) is 0 Å². The fraction of sp³-hybridized carbons (Fsp3) is 0.800. The number of aliphatic hydroxyl groups is 2. The van der Waals surface area contributed by atoms with E-state index in [1.807, 2.05) is 6.92 Å². The molecule has 1 amide bonds. The molecular formula is C15H30N4O7. The first-order chi connectivity index (χ1) is 12.3. The van der Waals surface area contributed by atoms with Crippen LogP contribution in [0.3, 0.4) is 0 Å². The van der Waals surface area contributed by atoms with Gasteiger partial charge in [0.1, 0.15) is 0 Å².